The first-order valence-electron chi connectivity index (χ1n) is 12.5. The summed E-state index contributed by atoms with van der Waals surface area (Å²) in [5, 5.41) is 19.4. The molecule has 0 aromatic rings. The van der Waals surface area contributed by atoms with E-state index in [2.05, 4.69) is 25.2 Å². The van der Waals surface area contributed by atoms with E-state index in [9.17, 15) is 36.6 Å². The average Bonchev–Trinajstić information content (AvgIpc) is 3.43. The molecule has 0 aromatic carbocycles. The maximum Gasteiger partial charge on any atom is 0.429 e. The Labute approximate surface area is 202 Å². The first-order valence-corrected chi connectivity index (χ1v) is 12.5. The molecular weight excluding hydrogens is 470 g/mol. The van der Waals surface area contributed by atoms with Gasteiger partial charge in [0, 0.05) is 0 Å². The molecule has 4 aliphatic carbocycles. The number of aliphatic hydroxyl groups excluding tert-OH is 1. The number of hydrogen-bond acceptors (Lipinski definition) is 2. The van der Waals surface area contributed by atoms with E-state index < -0.39 is 23.4 Å². The number of fused-ring (bicyclic) bond motifs is 1. The number of rotatable bonds is 5. The lowest BCUT2D eigenvalue weighted by atomic mass is 9.61. The van der Waals surface area contributed by atoms with Crippen LogP contribution in [0.4, 0.5) is 26.3 Å². The van der Waals surface area contributed by atoms with Crippen molar-refractivity contribution in [2.24, 2.45) is 16.7 Å². The third-order valence-corrected chi connectivity index (χ3v) is 8.77. The van der Waals surface area contributed by atoms with E-state index in [4.69, 9.17) is 0 Å². The van der Waals surface area contributed by atoms with E-state index in [1.54, 1.807) is 0 Å². The fraction of sp³-hybridized carbons (Fsp3) is 0.704. The van der Waals surface area contributed by atoms with Gasteiger partial charge in [-0.15, -0.1) is 0 Å². The smallest absolute Gasteiger partial charge is 0.393 e. The number of allylic oxidation sites excluding steroid dienone is 6. The van der Waals surface area contributed by atoms with Gasteiger partial charge in [-0.05, 0) is 93.5 Å². The highest BCUT2D eigenvalue weighted by Crippen LogP contribution is 2.67. The molecule has 0 spiro atoms. The minimum atomic E-state index is -5.84. The first kappa shape index (κ1) is 26.5. The topological polar surface area (TPSA) is 40.5 Å². The van der Waals surface area contributed by atoms with Crippen molar-refractivity contribution in [1.82, 2.24) is 0 Å². The van der Waals surface area contributed by atoms with E-state index in [0.29, 0.717) is 6.42 Å². The van der Waals surface area contributed by atoms with Gasteiger partial charge in [-0.25, -0.2) is 0 Å². The fourth-order valence-electron chi connectivity index (χ4n) is 6.63. The highest BCUT2D eigenvalue weighted by Gasteiger charge is 2.69. The molecule has 2 N–H and O–H groups in total. The quantitative estimate of drug-likeness (QED) is 0.301. The second-order valence-corrected chi connectivity index (χ2v) is 11.1. The Morgan fingerprint density at radius 3 is 2.29 bits per heavy atom. The van der Waals surface area contributed by atoms with Crippen LogP contribution in [0.1, 0.15) is 77.6 Å². The summed E-state index contributed by atoms with van der Waals surface area (Å²) >= 11 is 0. The van der Waals surface area contributed by atoms with Gasteiger partial charge >= 0.3 is 12.4 Å². The second-order valence-electron chi connectivity index (χ2n) is 11.1. The van der Waals surface area contributed by atoms with Crippen molar-refractivity contribution >= 4 is 0 Å². The van der Waals surface area contributed by atoms with E-state index in [-0.39, 0.29) is 29.9 Å². The average molecular weight is 505 g/mol. The molecule has 3 atom stereocenters. The molecule has 196 valence electrons. The highest BCUT2D eigenvalue weighted by molar-refractivity contribution is 5.40. The Morgan fingerprint density at radius 2 is 1.69 bits per heavy atom. The highest BCUT2D eigenvalue weighted by atomic mass is 19.4. The summed E-state index contributed by atoms with van der Waals surface area (Å²) in [4.78, 5) is 0. The van der Waals surface area contributed by atoms with E-state index in [1.807, 2.05) is 0 Å². The maximum atomic E-state index is 13.0. The molecule has 2 nitrogen and oxygen atoms in total. The third-order valence-electron chi connectivity index (χ3n) is 8.77. The summed E-state index contributed by atoms with van der Waals surface area (Å²) in [6.45, 7) is 2.19. The summed E-state index contributed by atoms with van der Waals surface area (Å²) < 4.78 is 78.2. The normalized spacial score (nSPS) is 33.9. The zero-order chi connectivity index (χ0) is 25.7. The Kier molecular flexibility index (Phi) is 6.89. The fourth-order valence-corrected chi connectivity index (χ4v) is 6.63. The van der Waals surface area contributed by atoms with Gasteiger partial charge in [-0.3, -0.25) is 0 Å². The Bertz CT molecular complexity index is 920. The van der Waals surface area contributed by atoms with E-state index in [0.717, 1.165) is 69.4 Å². The van der Waals surface area contributed by atoms with Crippen molar-refractivity contribution in [3.05, 3.63) is 47.1 Å². The van der Waals surface area contributed by atoms with Crippen LogP contribution >= 0.6 is 0 Å². The van der Waals surface area contributed by atoms with Gasteiger partial charge in [0.2, 0.25) is 0 Å². The zero-order valence-electron chi connectivity index (χ0n) is 20.0. The van der Waals surface area contributed by atoms with Gasteiger partial charge in [0.05, 0.1) is 6.10 Å². The predicted molar refractivity (Wildman–Crippen MR) is 121 cm³/mol. The van der Waals surface area contributed by atoms with Crippen LogP contribution in [-0.2, 0) is 0 Å². The standard InChI is InChI=1S/C27H34F6O2/c1-23-12-3-6-19(9-8-18-5-2-7-20(34)17-18)21(23)10-11-22(23)24(15-16-24)13-4-14-25(35,26(28,29)30)27(31,32)33/h4,8-9,11,14,20-21,34-35H,2-3,5-7,10,12-13,15-17H2,1H3/b14-4-,18-8-,19-9+/t20?,21-,23?/m0/s1. The molecule has 4 rings (SSSR count). The Balaban J connectivity index is 1.51. The van der Waals surface area contributed by atoms with Crippen LogP contribution in [0, 0.1) is 16.7 Å². The van der Waals surface area contributed by atoms with Crippen molar-refractivity contribution < 1.29 is 36.6 Å². The molecule has 35 heavy (non-hydrogen) atoms. The lowest BCUT2D eigenvalue weighted by Crippen LogP contribution is -2.55. The number of halogens is 6. The van der Waals surface area contributed by atoms with Crippen molar-refractivity contribution in [2.45, 2.75) is 102 Å². The van der Waals surface area contributed by atoms with Gasteiger partial charge in [-0.1, -0.05) is 47.9 Å². The lowest BCUT2D eigenvalue weighted by Gasteiger charge is -2.43. The molecule has 0 radical (unpaired) electrons. The molecule has 3 saturated carbocycles. The maximum absolute atomic E-state index is 13.0. The molecule has 4 aliphatic rings. The Morgan fingerprint density at radius 1 is 1.00 bits per heavy atom. The van der Waals surface area contributed by atoms with Gasteiger partial charge in [0.1, 0.15) is 0 Å². The van der Waals surface area contributed by atoms with Crippen LogP contribution in [-0.4, -0.2) is 34.3 Å². The van der Waals surface area contributed by atoms with Gasteiger partial charge in [-0.2, -0.15) is 26.3 Å². The molecule has 8 heteroatoms. The summed E-state index contributed by atoms with van der Waals surface area (Å²) in [5.74, 6) is 0.278. The summed E-state index contributed by atoms with van der Waals surface area (Å²) in [7, 11) is 0. The second kappa shape index (κ2) is 9.09. The lowest BCUT2D eigenvalue weighted by molar-refractivity contribution is -0.347. The number of hydrogen-bond donors (Lipinski definition) is 2. The minimum absolute atomic E-state index is 0.0522. The van der Waals surface area contributed by atoms with Crippen LogP contribution < -0.4 is 0 Å². The first-order chi connectivity index (χ1) is 16.2. The molecule has 3 fully saturated rings. The molecular formula is C27H34F6O2. The van der Waals surface area contributed by atoms with E-state index >= 15 is 0 Å². The van der Waals surface area contributed by atoms with Crippen molar-refractivity contribution in [3.63, 3.8) is 0 Å². The molecule has 2 unspecified atom stereocenters. The van der Waals surface area contributed by atoms with E-state index in [1.165, 1.54) is 11.1 Å². The molecule has 0 aromatic heterocycles. The molecule has 0 amide bonds. The van der Waals surface area contributed by atoms with Gasteiger partial charge in [0.15, 0.2) is 0 Å². The van der Waals surface area contributed by atoms with Crippen LogP contribution in [0.25, 0.3) is 0 Å². The minimum Gasteiger partial charge on any atom is -0.393 e. The molecule has 0 aliphatic heterocycles. The zero-order valence-corrected chi connectivity index (χ0v) is 20.0. The molecule has 0 bridgehead atoms. The van der Waals surface area contributed by atoms with Crippen molar-refractivity contribution in [2.75, 3.05) is 0 Å². The van der Waals surface area contributed by atoms with Gasteiger partial charge < -0.3 is 10.2 Å². The van der Waals surface area contributed by atoms with Gasteiger partial charge in [0.25, 0.3) is 5.60 Å². The molecule has 0 heterocycles. The van der Waals surface area contributed by atoms with Crippen molar-refractivity contribution in [1.29, 1.82) is 0 Å². The van der Waals surface area contributed by atoms with Crippen LogP contribution in [0.5, 0.6) is 0 Å². The summed E-state index contributed by atoms with van der Waals surface area (Å²) in [5.41, 5.74) is -1.68. The van der Waals surface area contributed by atoms with Crippen molar-refractivity contribution in [3.8, 4) is 0 Å². The summed E-state index contributed by atoms with van der Waals surface area (Å²) in [6.07, 6.45) is 4.05. The number of aliphatic hydroxyl groups is 2. The SMILES string of the molecule is CC12CCC/C(=C\C=C3\CCCC(O)C3)[C@@H]1CC=C2C1(C/C=C\C(O)(C(F)(F)F)C(F)(F)F)CC1. The third kappa shape index (κ3) is 4.89. The summed E-state index contributed by atoms with van der Waals surface area (Å²) in [6, 6.07) is 0. The largest absolute Gasteiger partial charge is 0.429 e. The van der Waals surface area contributed by atoms with Crippen LogP contribution in [0.2, 0.25) is 0 Å². The predicted octanol–water partition coefficient (Wildman–Crippen LogP) is 7.49. The monoisotopic (exact) mass is 504 g/mol. The van der Waals surface area contributed by atoms with Crippen LogP contribution in [0.3, 0.4) is 0 Å². The molecule has 0 saturated heterocycles. The Hall–Kier alpha value is -1.54. The number of alkyl halides is 6. The van der Waals surface area contributed by atoms with Crippen LogP contribution in [0.15, 0.2) is 47.1 Å².